The van der Waals surface area contributed by atoms with Crippen LogP contribution in [0.1, 0.15) is 0 Å². The lowest BCUT2D eigenvalue weighted by molar-refractivity contribution is -0.116. The number of benzene rings is 2. The molecule has 0 fully saturated rings. The molecular weight excluding hydrogens is 361 g/mol. The predicted octanol–water partition coefficient (Wildman–Crippen LogP) is 1.58. The Morgan fingerprint density at radius 2 is 1.96 bits per heavy atom. The van der Waals surface area contributed by atoms with E-state index in [9.17, 15) is 22.4 Å². The van der Waals surface area contributed by atoms with Gasteiger partial charge in [-0.2, -0.15) is 0 Å². The van der Waals surface area contributed by atoms with Gasteiger partial charge in [0, 0.05) is 12.3 Å². The van der Waals surface area contributed by atoms with Crippen molar-refractivity contribution in [2.45, 2.75) is 11.4 Å². The Kier molecular flexibility index (Phi) is 4.56. The molecule has 0 saturated carbocycles. The van der Waals surface area contributed by atoms with E-state index in [2.05, 4.69) is 10.3 Å². The van der Waals surface area contributed by atoms with Crippen molar-refractivity contribution in [3.8, 4) is 0 Å². The first kappa shape index (κ1) is 17.7. The van der Waals surface area contributed by atoms with E-state index in [4.69, 9.17) is 0 Å². The van der Waals surface area contributed by atoms with E-state index < -0.39 is 27.1 Å². The van der Waals surface area contributed by atoms with Crippen molar-refractivity contribution in [3.05, 3.63) is 65.0 Å². The first-order valence-corrected chi connectivity index (χ1v) is 9.38. The number of fused-ring (bicyclic) bond motifs is 1. The number of aromatic nitrogens is 2. The van der Waals surface area contributed by atoms with E-state index in [1.165, 1.54) is 18.2 Å². The van der Waals surface area contributed by atoms with Gasteiger partial charge in [0.15, 0.2) is 9.84 Å². The van der Waals surface area contributed by atoms with Gasteiger partial charge in [0.05, 0.1) is 27.8 Å². The van der Waals surface area contributed by atoms with Crippen LogP contribution in [0.25, 0.3) is 10.9 Å². The van der Waals surface area contributed by atoms with Gasteiger partial charge in [0.2, 0.25) is 5.91 Å². The predicted molar refractivity (Wildman–Crippen MR) is 94.1 cm³/mol. The van der Waals surface area contributed by atoms with Crippen molar-refractivity contribution < 1.29 is 17.6 Å². The van der Waals surface area contributed by atoms with Crippen molar-refractivity contribution in [2.75, 3.05) is 11.6 Å². The number of para-hydroxylation sites is 1. The molecule has 0 saturated heterocycles. The Bertz CT molecular complexity index is 1170. The molecule has 3 rings (SSSR count). The Morgan fingerprint density at radius 1 is 1.23 bits per heavy atom. The lowest BCUT2D eigenvalue weighted by Gasteiger charge is -2.11. The van der Waals surface area contributed by atoms with Crippen LogP contribution in [0.3, 0.4) is 0 Å². The summed E-state index contributed by atoms with van der Waals surface area (Å²) in [5.41, 5.74) is -0.181. The minimum atomic E-state index is -3.52. The van der Waals surface area contributed by atoms with Crippen molar-refractivity contribution in [1.29, 1.82) is 0 Å². The number of carbonyl (C=O) groups is 1. The molecule has 1 amide bonds. The number of nitrogens with one attached hydrogen (secondary N) is 1. The maximum atomic E-state index is 13.2. The number of hydrogen-bond acceptors (Lipinski definition) is 5. The first-order chi connectivity index (χ1) is 12.3. The number of hydrogen-bond donors (Lipinski definition) is 1. The highest BCUT2D eigenvalue weighted by Gasteiger charge is 2.15. The molecule has 0 radical (unpaired) electrons. The van der Waals surface area contributed by atoms with Crippen molar-refractivity contribution >= 4 is 32.3 Å². The molecule has 1 heterocycles. The topological polar surface area (TPSA) is 98.1 Å². The molecule has 26 heavy (non-hydrogen) atoms. The maximum absolute atomic E-state index is 13.2. The van der Waals surface area contributed by atoms with E-state index in [0.717, 1.165) is 29.3 Å². The van der Waals surface area contributed by atoms with Crippen molar-refractivity contribution in [1.82, 2.24) is 9.55 Å². The van der Waals surface area contributed by atoms with Gasteiger partial charge in [-0.3, -0.25) is 14.2 Å². The van der Waals surface area contributed by atoms with Crippen LogP contribution >= 0.6 is 0 Å². The van der Waals surface area contributed by atoms with E-state index in [1.54, 1.807) is 12.1 Å². The zero-order valence-electron chi connectivity index (χ0n) is 13.6. The molecule has 0 aliphatic heterocycles. The number of amides is 1. The molecule has 134 valence electrons. The van der Waals surface area contributed by atoms with E-state index >= 15 is 0 Å². The summed E-state index contributed by atoms with van der Waals surface area (Å²) in [6.45, 7) is -0.364. The number of sulfone groups is 1. The fourth-order valence-corrected chi connectivity index (χ4v) is 3.33. The van der Waals surface area contributed by atoms with Crippen LogP contribution in [0.5, 0.6) is 0 Å². The van der Waals surface area contributed by atoms with Gasteiger partial charge in [0.25, 0.3) is 5.56 Å². The lowest BCUT2D eigenvalue weighted by Crippen LogP contribution is -2.28. The molecule has 0 spiro atoms. The zero-order chi connectivity index (χ0) is 18.9. The second-order valence-electron chi connectivity index (χ2n) is 5.66. The largest absolute Gasteiger partial charge is 0.323 e. The standard InChI is InChI=1S/C17H14FN3O4S/c1-26(24,25)15-5-3-2-4-13(15)20-16(22)9-21-10-19-14-8-11(18)6-7-12(14)17(21)23/h2-8,10H,9H2,1H3,(H,20,22). The van der Waals surface area contributed by atoms with E-state index in [0.29, 0.717) is 0 Å². The monoisotopic (exact) mass is 375 g/mol. The van der Waals surface area contributed by atoms with Gasteiger partial charge in [-0.05, 0) is 24.3 Å². The molecule has 0 bridgehead atoms. The van der Waals surface area contributed by atoms with Gasteiger partial charge in [0.1, 0.15) is 12.4 Å². The van der Waals surface area contributed by atoms with Crippen LogP contribution in [0, 0.1) is 5.82 Å². The van der Waals surface area contributed by atoms with Crippen LogP contribution in [0.15, 0.2) is 58.5 Å². The molecule has 1 aromatic heterocycles. The molecule has 2 aromatic carbocycles. The lowest BCUT2D eigenvalue weighted by atomic mass is 10.2. The van der Waals surface area contributed by atoms with Crippen LogP contribution in [-0.2, 0) is 21.2 Å². The van der Waals surface area contributed by atoms with Crippen molar-refractivity contribution in [3.63, 3.8) is 0 Å². The average Bonchev–Trinajstić information content (AvgIpc) is 2.57. The quantitative estimate of drug-likeness (QED) is 0.747. The molecule has 9 heteroatoms. The molecule has 0 unspecified atom stereocenters. The van der Waals surface area contributed by atoms with E-state index in [1.807, 2.05) is 0 Å². The number of nitrogens with zero attached hydrogens (tertiary/aromatic N) is 2. The van der Waals surface area contributed by atoms with Gasteiger partial charge in [-0.15, -0.1) is 0 Å². The van der Waals surface area contributed by atoms with Gasteiger partial charge in [-0.1, -0.05) is 12.1 Å². The highest BCUT2D eigenvalue weighted by Crippen LogP contribution is 2.20. The molecule has 0 aliphatic carbocycles. The Hall–Kier alpha value is -3.07. The van der Waals surface area contributed by atoms with Crippen LogP contribution in [-0.4, -0.2) is 30.1 Å². The third kappa shape index (κ3) is 3.62. The Labute approximate surface area is 148 Å². The highest BCUT2D eigenvalue weighted by molar-refractivity contribution is 7.90. The molecule has 3 aromatic rings. The first-order valence-electron chi connectivity index (χ1n) is 7.49. The molecule has 1 N–H and O–H groups in total. The zero-order valence-corrected chi connectivity index (χ0v) is 14.5. The maximum Gasteiger partial charge on any atom is 0.261 e. The fourth-order valence-electron chi connectivity index (χ4n) is 2.48. The Morgan fingerprint density at radius 3 is 2.69 bits per heavy atom. The van der Waals surface area contributed by atoms with Crippen molar-refractivity contribution in [2.24, 2.45) is 0 Å². The SMILES string of the molecule is CS(=O)(=O)c1ccccc1NC(=O)Cn1cnc2cc(F)ccc2c1=O. The number of anilines is 1. The summed E-state index contributed by atoms with van der Waals surface area (Å²) >= 11 is 0. The highest BCUT2D eigenvalue weighted by atomic mass is 32.2. The summed E-state index contributed by atoms with van der Waals surface area (Å²) in [5, 5.41) is 2.66. The minimum absolute atomic E-state index is 0.0205. The number of rotatable bonds is 4. The summed E-state index contributed by atoms with van der Waals surface area (Å²) in [6.07, 6.45) is 2.18. The van der Waals surface area contributed by atoms with Crippen LogP contribution in [0.2, 0.25) is 0 Å². The van der Waals surface area contributed by atoms with Gasteiger partial charge < -0.3 is 5.32 Å². The normalized spacial score (nSPS) is 11.5. The summed E-state index contributed by atoms with van der Waals surface area (Å²) < 4.78 is 37.8. The second-order valence-corrected chi connectivity index (χ2v) is 7.64. The van der Waals surface area contributed by atoms with Gasteiger partial charge >= 0.3 is 0 Å². The summed E-state index contributed by atoms with van der Waals surface area (Å²) in [5.74, 6) is -1.11. The van der Waals surface area contributed by atoms with Gasteiger partial charge in [-0.25, -0.2) is 17.8 Å². The molecule has 0 aliphatic rings. The van der Waals surface area contributed by atoms with Crippen LogP contribution in [0.4, 0.5) is 10.1 Å². The summed E-state index contributed by atoms with van der Waals surface area (Å²) in [6, 6.07) is 9.53. The summed E-state index contributed by atoms with van der Waals surface area (Å²) in [4.78, 5) is 28.6. The smallest absolute Gasteiger partial charge is 0.261 e. The average molecular weight is 375 g/mol. The fraction of sp³-hybridized carbons (Fsp3) is 0.118. The minimum Gasteiger partial charge on any atom is -0.323 e. The number of halogens is 1. The van der Waals surface area contributed by atoms with Crippen LogP contribution < -0.4 is 10.9 Å². The Balaban J connectivity index is 1.88. The third-order valence-electron chi connectivity index (χ3n) is 3.66. The number of carbonyl (C=O) groups excluding carboxylic acids is 1. The molecular formula is C17H14FN3O4S. The molecule has 0 atom stereocenters. The third-order valence-corrected chi connectivity index (χ3v) is 4.82. The second kappa shape index (κ2) is 6.68. The summed E-state index contributed by atoms with van der Waals surface area (Å²) in [7, 11) is -3.52. The molecule has 7 nitrogen and oxygen atoms in total. The van der Waals surface area contributed by atoms with E-state index in [-0.39, 0.29) is 28.0 Å².